The zero-order valence-corrected chi connectivity index (χ0v) is 11.1. The molecule has 4 nitrogen and oxygen atoms in total. The van der Waals surface area contributed by atoms with Crippen LogP contribution in [0.1, 0.15) is 27.7 Å². The van der Waals surface area contributed by atoms with E-state index in [9.17, 15) is 0 Å². The van der Waals surface area contributed by atoms with Gasteiger partial charge in [0.15, 0.2) is 0 Å². The van der Waals surface area contributed by atoms with Gasteiger partial charge in [0, 0.05) is 7.05 Å². The van der Waals surface area contributed by atoms with Crippen LogP contribution in [-0.2, 0) is 9.31 Å². The van der Waals surface area contributed by atoms with Gasteiger partial charge in [0.2, 0.25) is 0 Å². The summed E-state index contributed by atoms with van der Waals surface area (Å²) in [6, 6.07) is 0. The van der Waals surface area contributed by atoms with Crippen LogP contribution in [0.2, 0.25) is 0 Å². The monoisotopic (exact) mass is 216 g/mol. The zero-order valence-electron chi connectivity index (χ0n) is 11.1. The second-order valence-electron chi connectivity index (χ2n) is 5.20. The van der Waals surface area contributed by atoms with Gasteiger partial charge >= 0.3 is 26.0 Å². The minimum Gasteiger partial charge on any atom is -0.674 e. The van der Waals surface area contributed by atoms with E-state index in [2.05, 4.69) is 5.32 Å². The van der Waals surface area contributed by atoms with E-state index < -0.39 is 0 Å². The van der Waals surface area contributed by atoms with Crippen LogP contribution in [0.5, 0.6) is 0 Å². The third kappa shape index (κ3) is 2.28. The van der Waals surface area contributed by atoms with Crippen LogP contribution in [0, 0.1) is 0 Å². The molecule has 2 heterocycles. The van der Waals surface area contributed by atoms with Crippen molar-refractivity contribution in [1.29, 1.82) is 0 Å². The molecule has 0 aliphatic carbocycles. The van der Waals surface area contributed by atoms with Crippen LogP contribution in [0.25, 0.3) is 5.32 Å². The maximum Gasteiger partial charge on any atom is 1.00 e. The number of nitrogens with zero attached hydrogens (tertiary/aromatic N) is 2. The maximum absolute atomic E-state index is 5.89. The van der Waals surface area contributed by atoms with E-state index in [1.165, 1.54) is 0 Å². The first-order valence-electron chi connectivity index (χ1n) is 5.27. The van der Waals surface area contributed by atoms with Crippen LogP contribution in [0.15, 0.2) is 11.8 Å². The molecule has 0 N–H and O–H groups in total. The first-order valence-corrected chi connectivity index (χ1v) is 5.27. The van der Waals surface area contributed by atoms with E-state index in [-0.39, 0.29) is 37.2 Å². The summed E-state index contributed by atoms with van der Waals surface area (Å²) in [6.45, 7) is 8.89. The van der Waals surface area contributed by atoms with E-state index in [0.717, 1.165) is 5.60 Å². The maximum atomic E-state index is 5.89. The van der Waals surface area contributed by atoms with Crippen LogP contribution in [0.3, 0.4) is 0 Å². The van der Waals surface area contributed by atoms with Crippen molar-refractivity contribution in [3.8, 4) is 0 Å². The average Bonchev–Trinajstić information content (AvgIpc) is 2.56. The third-order valence-corrected chi connectivity index (χ3v) is 3.32. The summed E-state index contributed by atoms with van der Waals surface area (Å²) in [7, 11) is 1.67. The van der Waals surface area contributed by atoms with E-state index >= 15 is 0 Å². The van der Waals surface area contributed by atoms with Gasteiger partial charge < -0.3 is 19.5 Å². The van der Waals surface area contributed by atoms with Gasteiger partial charge in [-0.3, -0.25) is 0 Å². The summed E-state index contributed by atoms with van der Waals surface area (Å²) in [5, 5.41) is 4.37. The van der Waals surface area contributed by atoms with Gasteiger partial charge in [-0.15, -0.1) is 5.60 Å². The standard InChI is InChI=1S/C10H18BN2O2.Li/c1-9(2)10(3,4)15-11(14-9)8-6-13(5)7-12-8;/h6H,7H2,1-5H3;/q-1;+1. The molecule has 1 saturated heterocycles. The molecule has 1 fully saturated rings. The molecule has 16 heavy (non-hydrogen) atoms. The van der Waals surface area contributed by atoms with Crippen LogP contribution in [-0.4, -0.2) is 36.9 Å². The predicted octanol–water partition coefficient (Wildman–Crippen LogP) is -1.26. The quantitative estimate of drug-likeness (QED) is 0.513. The van der Waals surface area contributed by atoms with Gasteiger partial charge in [0.1, 0.15) is 0 Å². The molecule has 2 aliphatic heterocycles. The van der Waals surface area contributed by atoms with Crippen LogP contribution < -0.4 is 18.9 Å². The Morgan fingerprint density at radius 2 is 1.75 bits per heavy atom. The van der Waals surface area contributed by atoms with Crippen molar-refractivity contribution in [2.45, 2.75) is 38.9 Å². The van der Waals surface area contributed by atoms with Gasteiger partial charge in [-0.05, 0) is 33.9 Å². The molecule has 6 heteroatoms. The molecule has 0 aromatic rings. The summed E-state index contributed by atoms with van der Waals surface area (Å²) < 4.78 is 11.8. The fourth-order valence-electron chi connectivity index (χ4n) is 1.60. The Kier molecular flexibility index (Phi) is 3.76. The molecular formula is C10H18BLiN2O2. The molecule has 0 atom stereocenters. The minimum absolute atomic E-state index is 0. The van der Waals surface area contributed by atoms with Crippen LogP contribution in [0.4, 0.5) is 0 Å². The van der Waals surface area contributed by atoms with Gasteiger partial charge in [-0.2, -0.15) is 0 Å². The normalized spacial score (nSPS) is 26.2. The largest absolute Gasteiger partial charge is 1.00 e. The van der Waals surface area contributed by atoms with Gasteiger partial charge in [-0.1, -0.05) is 6.67 Å². The first kappa shape index (κ1) is 14.0. The van der Waals surface area contributed by atoms with Gasteiger partial charge in [0.05, 0.1) is 11.2 Å². The summed E-state index contributed by atoms with van der Waals surface area (Å²) in [4.78, 5) is 2.01. The summed E-state index contributed by atoms with van der Waals surface area (Å²) >= 11 is 0. The van der Waals surface area contributed by atoms with Crippen molar-refractivity contribution in [1.82, 2.24) is 4.90 Å². The molecule has 0 radical (unpaired) electrons. The van der Waals surface area contributed by atoms with E-state index in [1.807, 2.05) is 45.8 Å². The molecular weight excluding hydrogens is 198 g/mol. The van der Waals surface area contributed by atoms with Gasteiger partial charge in [0.25, 0.3) is 0 Å². The Morgan fingerprint density at radius 1 is 1.25 bits per heavy atom. The Bertz CT molecular complexity index is 291. The number of hydrogen-bond acceptors (Lipinski definition) is 3. The van der Waals surface area contributed by atoms with E-state index in [1.54, 1.807) is 0 Å². The molecule has 0 aromatic heterocycles. The molecule has 0 saturated carbocycles. The molecule has 2 rings (SSSR count). The SMILES string of the molecule is CN1C=C(B2OC(C)(C)C(C)(C)O2)[N-]C1.[Li+]. The Labute approximate surface area is 110 Å². The fraction of sp³-hybridized carbons (Fsp3) is 0.800. The van der Waals surface area contributed by atoms with E-state index in [0.29, 0.717) is 6.67 Å². The van der Waals surface area contributed by atoms with Crippen molar-refractivity contribution in [2.75, 3.05) is 13.7 Å². The number of rotatable bonds is 1. The van der Waals surface area contributed by atoms with Crippen molar-refractivity contribution in [3.05, 3.63) is 17.1 Å². The molecule has 0 unspecified atom stereocenters. The van der Waals surface area contributed by atoms with Crippen LogP contribution >= 0.6 is 0 Å². The second-order valence-corrected chi connectivity index (χ2v) is 5.20. The molecule has 84 valence electrons. The molecule has 0 amide bonds. The van der Waals surface area contributed by atoms with E-state index in [4.69, 9.17) is 9.31 Å². The third-order valence-electron chi connectivity index (χ3n) is 3.32. The topological polar surface area (TPSA) is 35.8 Å². The smallest absolute Gasteiger partial charge is 0.674 e. The molecule has 0 aromatic carbocycles. The average molecular weight is 216 g/mol. The predicted molar refractivity (Wildman–Crippen MR) is 60.2 cm³/mol. The van der Waals surface area contributed by atoms with Crippen molar-refractivity contribution in [3.63, 3.8) is 0 Å². The fourth-order valence-corrected chi connectivity index (χ4v) is 1.60. The second kappa shape index (κ2) is 4.30. The summed E-state index contributed by atoms with van der Waals surface area (Å²) in [5.41, 5.74) is 0.320. The van der Waals surface area contributed by atoms with Crippen molar-refractivity contribution < 1.29 is 28.2 Å². The number of hydrogen-bond donors (Lipinski definition) is 0. The van der Waals surface area contributed by atoms with Crippen molar-refractivity contribution >= 4 is 7.12 Å². The van der Waals surface area contributed by atoms with Gasteiger partial charge in [-0.25, -0.2) is 0 Å². The first-order chi connectivity index (χ1) is 6.82. The summed E-state index contributed by atoms with van der Waals surface area (Å²) in [6.07, 6.45) is 1.97. The molecule has 2 aliphatic rings. The summed E-state index contributed by atoms with van der Waals surface area (Å²) in [5.74, 6) is 0. The molecule has 0 spiro atoms. The van der Waals surface area contributed by atoms with Crippen molar-refractivity contribution in [2.24, 2.45) is 0 Å². The zero-order chi connectivity index (χ0) is 11.3. The minimum atomic E-state index is -0.319. The Hall–Kier alpha value is -0.0777. The Morgan fingerprint density at radius 3 is 2.12 bits per heavy atom. The molecule has 0 bridgehead atoms. The Balaban J connectivity index is 0.00000128.